The van der Waals surface area contributed by atoms with E-state index in [4.69, 9.17) is 5.11 Å². The zero-order valence-corrected chi connectivity index (χ0v) is 12.1. The number of hydrogen-bond acceptors (Lipinski definition) is 3. The Kier molecular flexibility index (Phi) is 6.71. The first-order chi connectivity index (χ1) is 9.45. The van der Waals surface area contributed by atoms with E-state index in [0.717, 1.165) is 19.3 Å². The van der Waals surface area contributed by atoms with Gasteiger partial charge in [0.05, 0.1) is 12.0 Å². The standard InChI is InChI=1S/C15H25NO4/c1-3-4-5-6-7-16(2)14(18)9-11-8-12(17)10-13(11)15(19)20/h3,11-13,17H,1,4-10H2,2H3,(H,19,20)/t11-,12+,13+/m0/s1. The Bertz CT molecular complexity index is 356. The molecule has 5 nitrogen and oxygen atoms in total. The summed E-state index contributed by atoms with van der Waals surface area (Å²) < 4.78 is 0. The van der Waals surface area contributed by atoms with Crippen molar-refractivity contribution in [3.8, 4) is 0 Å². The van der Waals surface area contributed by atoms with Gasteiger partial charge in [0.25, 0.3) is 0 Å². The maximum absolute atomic E-state index is 12.1. The molecular formula is C15H25NO4. The fourth-order valence-electron chi connectivity index (χ4n) is 2.77. The van der Waals surface area contributed by atoms with E-state index in [1.54, 1.807) is 11.9 Å². The minimum atomic E-state index is -0.909. The highest BCUT2D eigenvalue weighted by atomic mass is 16.4. The Morgan fingerprint density at radius 3 is 2.65 bits per heavy atom. The quantitative estimate of drug-likeness (QED) is 0.524. The van der Waals surface area contributed by atoms with E-state index in [-0.39, 0.29) is 24.7 Å². The fraction of sp³-hybridized carbons (Fsp3) is 0.733. The molecule has 0 heterocycles. The summed E-state index contributed by atoms with van der Waals surface area (Å²) in [5, 5.41) is 18.7. The number of aliphatic hydroxyl groups excluding tert-OH is 1. The number of carboxylic acids is 1. The third-order valence-electron chi connectivity index (χ3n) is 4.00. The van der Waals surface area contributed by atoms with Gasteiger partial charge in [0.1, 0.15) is 0 Å². The van der Waals surface area contributed by atoms with Crippen LogP contribution in [0.1, 0.15) is 38.5 Å². The first-order valence-electron chi connectivity index (χ1n) is 7.21. The third-order valence-corrected chi connectivity index (χ3v) is 4.00. The van der Waals surface area contributed by atoms with Crippen molar-refractivity contribution < 1.29 is 19.8 Å². The van der Waals surface area contributed by atoms with E-state index in [0.29, 0.717) is 13.0 Å². The molecule has 0 spiro atoms. The summed E-state index contributed by atoms with van der Waals surface area (Å²) in [7, 11) is 1.75. The van der Waals surface area contributed by atoms with Crippen LogP contribution >= 0.6 is 0 Å². The molecule has 1 aliphatic rings. The van der Waals surface area contributed by atoms with Crippen LogP contribution in [0.4, 0.5) is 0 Å². The van der Waals surface area contributed by atoms with Gasteiger partial charge in [-0.1, -0.05) is 6.08 Å². The van der Waals surface area contributed by atoms with Gasteiger partial charge in [0.15, 0.2) is 0 Å². The Morgan fingerprint density at radius 1 is 1.35 bits per heavy atom. The fourth-order valence-corrected chi connectivity index (χ4v) is 2.77. The molecule has 1 aliphatic carbocycles. The molecule has 1 fully saturated rings. The first-order valence-corrected chi connectivity index (χ1v) is 7.21. The van der Waals surface area contributed by atoms with Crippen LogP contribution in [-0.4, -0.2) is 46.7 Å². The molecule has 3 atom stereocenters. The molecular weight excluding hydrogens is 258 g/mol. The van der Waals surface area contributed by atoms with Crippen molar-refractivity contribution >= 4 is 11.9 Å². The van der Waals surface area contributed by atoms with Gasteiger partial charge in [-0.25, -0.2) is 0 Å². The molecule has 0 unspecified atom stereocenters. The van der Waals surface area contributed by atoms with E-state index < -0.39 is 18.0 Å². The van der Waals surface area contributed by atoms with Crippen LogP contribution < -0.4 is 0 Å². The second-order valence-electron chi connectivity index (χ2n) is 5.63. The van der Waals surface area contributed by atoms with Crippen molar-refractivity contribution in [2.45, 2.75) is 44.6 Å². The predicted molar refractivity (Wildman–Crippen MR) is 76.2 cm³/mol. The molecule has 0 aromatic rings. The second kappa shape index (κ2) is 8.04. The summed E-state index contributed by atoms with van der Waals surface area (Å²) in [6.07, 6.45) is 5.02. The van der Waals surface area contributed by atoms with Gasteiger partial charge in [-0.05, 0) is 38.0 Å². The van der Waals surface area contributed by atoms with Gasteiger partial charge in [-0.3, -0.25) is 9.59 Å². The number of carbonyl (C=O) groups is 2. The highest BCUT2D eigenvalue weighted by Crippen LogP contribution is 2.35. The van der Waals surface area contributed by atoms with E-state index in [1.165, 1.54) is 0 Å². The Morgan fingerprint density at radius 2 is 2.05 bits per heavy atom. The number of unbranched alkanes of at least 4 members (excludes halogenated alkanes) is 2. The van der Waals surface area contributed by atoms with Crippen LogP contribution in [0.5, 0.6) is 0 Å². The van der Waals surface area contributed by atoms with E-state index in [2.05, 4.69) is 6.58 Å². The lowest BCUT2D eigenvalue weighted by atomic mass is 9.92. The third kappa shape index (κ3) is 4.96. The van der Waals surface area contributed by atoms with Crippen LogP contribution in [0.25, 0.3) is 0 Å². The van der Waals surface area contributed by atoms with Crippen LogP contribution in [-0.2, 0) is 9.59 Å². The molecule has 1 saturated carbocycles. The Hall–Kier alpha value is -1.36. The topological polar surface area (TPSA) is 77.8 Å². The van der Waals surface area contributed by atoms with Gasteiger partial charge in [0.2, 0.25) is 5.91 Å². The Balaban J connectivity index is 2.40. The molecule has 0 saturated heterocycles. The lowest BCUT2D eigenvalue weighted by Crippen LogP contribution is -2.31. The van der Waals surface area contributed by atoms with Crippen LogP contribution in [0.2, 0.25) is 0 Å². The summed E-state index contributed by atoms with van der Waals surface area (Å²) >= 11 is 0. The number of carbonyl (C=O) groups excluding carboxylic acids is 1. The number of allylic oxidation sites excluding steroid dienone is 1. The van der Waals surface area contributed by atoms with Crippen molar-refractivity contribution in [2.75, 3.05) is 13.6 Å². The lowest BCUT2D eigenvalue weighted by Gasteiger charge is -2.21. The number of aliphatic carboxylic acids is 1. The van der Waals surface area contributed by atoms with Gasteiger partial charge >= 0.3 is 5.97 Å². The highest BCUT2D eigenvalue weighted by molar-refractivity contribution is 5.78. The Labute approximate surface area is 120 Å². The average Bonchev–Trinajstić information content (AvgIpc) is 2.75. The largest absolute Gasteiger partial charge is 0.481 e. The number of aliphatic hydroxyl groups is 1. The minimum Gasteiger partial charge on any atom is -0.481 e. The molecule has 5 heteroatoms. The average molecular weight is 283 g/mol. The zero-order chi connectivity index (χ0) is 15.1. The number of nitrogens with zero attached hydrogens (tertiary/aromatic N) is 1. The van der Waals surface area contributed by atoms with Gasteiger partial charge in [-0.2, -0.15) is 0 Å². The molecule has 1 rings (SSSR count). The molecule has 0 aromatic heterocycles. The van der Waals surface area contributed by atoms with Crippen LogP contribution in [0.3, 0.4) is 0 Å². The summed E-state index contributed by atoms with van der Waals surface area (Å²) in [5.74, 6) is -1.78. The van der Waals surface area contributed by atoms with Crippen molar-refractivity contribution in [2.24, 2.45) is 11.8 Å². The van der Waals surface area contributed by atoms with Crippen molar-refractivity contribution in [3.63, 3.8) is 0 Å². The molecule has 0 aliphatic heterocycles. The molecule has 1 amide bonds. The van der Waals surface area contributed by atoms with Crippen molar-refractivity contribution in [1.29, 1.82) is 0 Å². The zero-order valence-electron chi connectivity index (χ0n) is 12.1. The van der Waals surface area contributed by atoms with Crippen LogP contribution in [0, 0.1) is 11.8 Å². The first kappa shape index (κ1) is 16.7. The van der Waals surface area contributed by atoms with Gasteiger partial charge in [0, 0.05) is 20.0 Å². The molecule has 114 valence electrons. The molecule has 20 heavy (non-hydrogen) atoms. The number of carboxylic acid groups (broad SMARTS) is 1. The van der Waals surface area contributed by atoms with Crippen molar-refractivity contribution in [3.05, 3.63) is 12.7 Å². The number of rotatable bonds is 8. The number of amides is 1. The number of hydrogen-bond donors (Lipinski definition) is 2. The smallest absolute Gasteiger partial charge is 0.306 e. The minimum absolute atomic E-state index is 0.0334. The normalized spacial score (nSPS) is 25.4. The SMILES string of the molecule is C=CCCCCN(C)C(=O)C[C@@H]1C[C@@H](O)C[C@H]1C(=O)O. The maximum atomic E-state index is 12.1. The van der Waals surface area contributed by atoms with Crippen LogP contribution in [0.15, 0.2) is 12.7 Å². The molecule has 2 N–H and O–H groups in total. The summed E-state index contributed by atoms with van der Waals surface area (Å²) in [6, 6.07) is 0. The maximum Gasteiger partial charge on any atom is 0.306 e. The highest BCUT2D eigenvalue weighted by Gasteiger charge is 2.39. The summed E-state index contributed by atoms with van der Waals surface area (Å²) in [4.78, 5) is 24.8. The summed E-state index contributed by atoms with van der Waals surface area (Å²) in [6.45, 7) is 4.33. The lowest BCUT2D eigenvalue weighted by molar-refractivity contribution is -0.143. The van der Waals surface area contributed by atoms with E-state index in [9.17, 15) is 14.7 Å². The second-order valence-corrected chi connectivity index (χ2v) is 5.63. The summed E-state index contributed by atoms with van der Waals surface area (Å²) in [5.41, 5.74) is 0. The van der Waals surface area contributed by atoms with E-state index >= 15 is 0 Å². The van der Waals surface area contributed by atoms with E-state index in [1.807, 2.05) is 6.08 Å². The molecule has 0 bridgehead atoms. The molecule has 0 aromatic carbocycles. The predicted octanol–water partition coefficient (Wildman–Crippen LogP) is 1.66. The van der Waals surface area contributed by atoms with Gasteiger partial charge < -0.3 is 15.1 Å². The van der Waals surface area contributed by atoms with Gasteiger partial charge in [-0.15, -0.1) is 6.58 Å². The monoisotopic (exact) mass is 283 g/mol. The van der Waals surface area contributed by atoms with Crippen molar-refractivity contribution in [1.82, 2.24) is 4.90 Å². The molecule has 0 radical (unpaired) electrons.